The zero-order chi connectivity index (χ0) is 24.8. The number of thioether (sulfide) groups is 1. The van der Waals surface area contributed by atoms with Gasteiger partial charge in [-0.05, 0) is 66.6 Å². The predicted molar refractivity (Wildman–Crippen MR) is 141 cm³/mol. The van der Waals surface area contributed by atoms with Gasteiger partial charge in [0.1, 0.15) is 11.5 Å². The second kappa shape index (κ2) is 14.7. The van der Waals surface area contributed by atoms with Gasteiger partial charge in [-0.25, -0.2) is 4.79 Å². The Labute approximate surface area is 207 Å². The number of aryl methyl sites for hydroxylation is 1. The first-order valence-corrected chi connectivity index (χ1v) is 12.5. The van der Waals surface area contributed by atoms with Gasteiger partial charge in [-0.3, -0.25) is 0 Å². The van der Waals surface area contributed by atoms with E-state index in [1.165, 1.54) is 5.56 Å². The Hall–Kier alpha value is -3.36. The molecule has 0 bridgehead atoms. The number of hydrogen-bond acceptors (Lipinski definition) is 4. The SMILES string of the molecule is CSCc1cc(C#Cc2ccccc2)cc(OCC(C)C)c1.Cc1ccccc1OCC(=O)O. The Bertz CT molecular complexity index is 1100. The molecule has 0 saturated carbocycles. The lowest BCUT2D eigenvalue weighted by Crippen LogP contribution is -2.09. The summed E-state index contributed by atoms with van der Waals surface area (Å²) in [5, 5.41) is 8.34. The Morgan fingerprint density at radius 3 is 2.26 bits per heavy atom. The van der Waals surface area contributed by atoms with Crippen LogP contribution < -0.4 is 9.47 Å². The van der Waals surface area contributed by atoms with Gasteiger partial charge in [0.15, 0.2) is 6.61 Å². The molecule has 0 aliphatic rings. The van der Waals surface area contributed by atoms with Crippen LogP contribution in [0.25, 0.3) is 0 Å². The standard InChI is InChI=1S/C20H22OS.C9H10O3/c1-16(2)14-21-20-12-18(11-19(13-20)15-22-3)10-9-17-7-5-4-6-8-17;1-7-4-2-3-5-8(7)12-6-9(10)11/h4-8,11-13,16H,14-15H2,1-3H3;2-5H,6H2,1H3,(H,10,11). The Morgan fingerprint density at radius 1 is 0.941 bits per heavy atom. The van der Waals surface area contributed by atoms with E-state index in [1.807, 2.05) is 73.3 Å². The molecule has 5 heteroatoms. The fraction of sp³-hybridized carbons (Fsp3) is 0.276. The number of hydrogen-bond donors (Lipinski definition) is 1. The van der Waals surface area contributed by atoms with Crippen LogP contribution in [0.15, 0.2) is 72.8 Å². The van der Waals surface area contributed by atoms with E-state index < -0.39 is 5.97 Å². The normalized spacial score (nSPS) is 9.91. The molecule has 178 valence electrons. The van der Waals surface area contributed by atoms with Gasteiger partial charge in [0.2, 0.25) is 0 Å². The summed E-state index contributed by atoms with van der Waals surface area (Å²) in [4.78, 5) is 10.2. The van der Waals surface area contributed by atoms with E-state index in [2.05, 4.69) is 44.1 Å². The van der Waals surface area contributed by atoms with Crippen molar-refractivity contribution in [2.75, 3.05) is 19.5 Å². The number of benzene rings is 3. The molecular formula is C29H32O4S. The number of carboxylic acid groups (broad SMARTS) is 1. The van der Waals surface area contributed by atoms with Crippen molar-refractivity contribution in [3.63, 3.8) is 0 Å². The van der Waals surface area contributed by atoms with Crippen molar-refractivity contribution in [3.8, 4) is 23.3 Å². The molecule has 3 aromatic carbocycles. The van der Waals surface area contributed by atoms with Crippen LogP contribution in [0.2, 0.25) is 0 Å². The molecule has 3 aromatic rings. The number of rotatable bonds is 8. The van der Waals surface area contributed by atoms with Crippen LogP contribution >= 0.6 is 11.8 Å². The maximum atomic E-state index is 10.2. The van der Waals surface area contributed by atoms with E-state index in [9.17, 15) is 4.79 Å². The highest BCUT2D eigenvalue weighted by Gasteiger charge is 2.03. The molecule has 0 aliphatic carbocycles. The minimum Gasteiger partial charge on any atom is -0.493 e. The van der Waals surface area contributed by atoms with Crippen LogP contribution in [-0.4, -0.2) is 30.5 Å². The van der Waals surface area contributed by atoms with Crippen molar-refractivity contribution >= 4 is 17.7 Å². The molecule has 4 nitrogen and oxygen atoms in total. The topological polar surface area (TPSA) is 55.8 Å². The second-order valence-corrected chi connectivity index (χ2v) is 8.93. The molecule has 0 aliphatic heterocycles. The highest BCUT2D eigenvalue weighted by atomic mass is 32.2. The van der Waals surface area contributed by atoms with Gasteiger partial charge < -0.3 is 14.6 Å². The summed E-state index contributed by atoms with van der Waals surface area (Å²) >= 11 is 1.81. The van der Waals surface area contributed by atoms with Crippen molar-refractivity contribution in [1.29, 1.82) is 0 Å². The molecule has 0 fully saturated rings. The van der Waals surface area contributed by atoms with Gasteiger partial charge in [-0.1, -0.05) is 62.1 Å². The highest BCUT2D eigenvalue weighted by Crippen LogP contribution is 2.21. The smallest absolute Gasteiger partial charge is 0.341 e. The molecule has 0 unspecified atom stereocenters. The van der Waals surface area contributed by atoms with Crippen LogP contribution in [0.3, 0.4) is 0 Å². The number of para-hydroxylation sites is 1. The van der Waals surface area contributed by atoms with Crippen molar-refractivity contribution in [3.05, 3.63) is 95.1 Å². The third kappa shape index (κ3) is 10.5. The minimum atomic E-state index is -0.960. The maximum absolute atomic E-state index is 10.2. The van der Waals surface area contributed by atoms with Gasteiger partial charge in [0, 0.05) is 16.9 Å². The lowest BCUT2D eigenvalue weighted by molar-refractivity contribution is -0.139. The molecule has 0 heterocycles. The number of carbonyl (C=O) groups is 1. The van der Waals surface area contributed by atoms with Gasteiger partial charge in [0.25, 0.3) is 0 Å². The van der Waals surface area contributed by atoms with Crippen LogP contribution in [0, 0.1) is 24.7 Å². The monoisotopic (exact) mass is 476 g/mol. The van der Waals surface area contributed by atoms with Crippen molar-refractivity contribution in [2.45, 2.75) is 26.5 Å². The number of ether oxygens (including phenoxy) is 2. The summed E-state index contributed by atoms with van der Waals surface area (Å²) in [6.45, 7) is 6.63. The molecular weight excluding hydrogens is 444 g/mol. The minimum absolute atomic E-state index is 0.287. The Morgan fingerprint density at radius 2 is 1.62 bits per heavy atom. The van der Waals surface area contributed by atoms with E-state index in [1.54, 1.807) is 6.07 Å². The lowest BCUT2D eigenvalue weighted by Gasteiger charge is -2.10. The molecule has 1 N–H and O–H groups in total. The fourth-order valence-electron chi connectivity index (χ4n) is 2.85. The molecule has 3 rings (SSSR count). The third-order valence-corrected chi connectivity index (χ3v) is 5.05. The Balaban J connectivity index is 0.000000287. The van der Waals surface area contributed by atoms with E-state index >= 15 is 0 Å². The summed E-state index contributed by atoms with van der Waals surface area (Å²) in [5.41, 5.74) is 4.24. The second-order valence-electron chi connectivity index (χ2n) is 8.07. The lowest BCUT2D eigenvalue weighted by atomic mass is 10.1. The summed E-state index contributed by atoms with van der Waals surface area (Å²) in [6, 6.07) is 23.7. The van der Waals surface area contributed by atoms with Crippen molar-refractivity contribution in [1.82, 2.24) is 0 Å². The van der Waals surface area contributed by atoms with Crippen molar-refractivity contribution in [2.24, 2.45) is 5.92 Å². The average Bonchev–Trinajstić information content (AvgIpc) is 2.82. The zero-order valence-corrected chi connectivity index (χ0v) is 21.0. The summed E-state index contributed by atoms with van der Waals surface area (Å²) in [6.07, 6.45) is 2.11. The quantitative estimate of drug-likeness (QED) is 0.379. The average molecular weight is 477 g/mol. The van der Waals surface area contributed by atoms with E-state index in [0.29, 0.717) is 11.7 Å². The first kappa shape index (κ1) is 26.9. The largest absolute Gasteiger partial charge is 0.493 e. The summed E-state index contributed by atoms with van der Waals surface area (Å²) in [7, 11) is 0. The third-order valence-electron chi connectivity index (χ3n) is 4.43. The molecule has 0 radical (unpaired) electrons. The highest BCUT2D eigenvalue weighted by molar-refractivity contribution is 7.97. The van der Waals surface area contributed by atoms with Gasteiger partial charge >= 0.3 is 5.97 Å². The van der Waals surface area contributed by atoms with E-state index in [4.69, 9.17) is 14.6 Å². The number of aliphatic carboxylic acids is 1. The van der Waals surface area contributed by atoms with Crippen LogP contribution in [0.5, 0.6) is 11.5 Å². The fourth-order valence-corrected chi connectivity index (χ4v) is 3.35. The molecule has 0 atom stereocenters. The first-order valence-electron chi connectivity index (χ1n) is 11.1. The van der Waals surface area contributed by atoms with Crippen molar-refractivity contribution < 1.29 is 19.4 Å². The van der Waals surface area contributed by atoms with Gasteiger partial charge in [-0.15, -0.1) is 0 Å². The zero-order valence-electron chi connectivity index (χ0n) is 20.2. The molecule has 0 spiro atoms. The molecule has 0 aromatic heterocycles. The summed E-state index contributed by atoms with van der Waals surface area (Å²) < 4.78 is 10.9. The maximum Gasteiger partial charge on any atom is 0.341 e. The summed E-state index contributed by atoms with van der Waals surface area (Å²) in [5.74, 6) is 8.53. The van der Waals surface area contributed by atoms with Crippen LogP contribution in [0.1, 0.15) is 36.1 Å². The van der Waals surface area contributed by atoms with E-state index in [0.717, 1.165) is 34.8 Å². The molecule has 0 amide bonds. The van der Waals surface area contributed by atoms with Gasteiger partial charge in [-0.2, -0.15) is 11.8 Å². The Kier molecular flexibility index (Phi) is 11.6. The van der Waals surface area contributed by atoms with Crippen LogP contribution in [-0.2, 0) is 10.5 Å². The predicted octanol–water partition coefficient (Wildman–Crippen LogP) is 6.44. The van der Waals surface area contributed by atoms with Crippen LogP contribution in [0.4, 0.5) is 0 Å². The first-order chi connectivity index (χ1) is 16.4. The molecule has 34 heavy (non-hydrogen) atoms. The van der Waals surface area contributed by atoms with E-state index in [-0.39, 0.29) is 6.61 Å². The van der Waals surface area contributed by atoms with Gasteiger partial charge in [0.05, 0.1) is 6.61 Å². The molecule has 0 saturated heterocycles. The number of carboxylic acids is 1.